The Morgan fingerprint density at radius 1 is 1.29 bits per heavy atom. The average Bonchev–Trinajstić information content (AvgIpc) is 2.36. The summed E-state index contributed by atoms with van der Waals surface area (Å²) in [7, 11) is 1.78. The Hall–Kier alpha value is -0.120. The molecule has 2 unspecified atom stereocenters. The third kappa shape index (κ3) is 3.21. The molecule has 2 N–H and O–H groups in total. The summed E-state index contributed by atoms with van der Waals surface area (Å²) >= 11 is 0. The molecule has 1 saturated heterocycles. The van der Waals surface area contributed by atoms with Crippen LogP contribution in [-0.4, -0.2) is 43.3 Å². The fourth-order valence-corrected chi connectivity index (χ4v) is 2.88. The predicted octanol–water partition coefficient (Wildman–Crippen LogP) is 2.11. The molecule has 0 radical (unpaired) electrons. The van der Waals surface area contributed by atoms with Crippen molar-refractivity contribution >= 4 is 0 Å². The minimum Gasteiger partial charge on any atom is -0.380 e. The SMILES string of the molecule is COC(C)C(C)(CN)N1CCC(C(C)C)CC1. The quantitative estimate of drug-likeness (QED) is 0.802. The second-order valence-corrected chi connectivity index (χ2v) is 6.01. The van der Waals surface area contributed by atoms with Gasteiger partial charge in [-0.2, -0.15) is 0 Å². The number of hydrogen-bond acceptors (Lipinski definition) is 3. The lowest BCUT2D eigenvalue weighted by Gasteiger charge is -2.47. The lowest BCUT2D eigenvalue weighted by molar-refractivity contribution is -0.0468. The number of piperidine rings is 1. The van der Waals surface area contributed by atoms with Crippen LogP contribution in [-0.2, 0) is 4.74 Å². The summed E-state index contributed by atoms with van der Waals surface area (Å²) in [4.78, 5) is 2.53. The van der Waals surface area contributed by atoms with E-state index in [4.69, 9.17) is 10.5 Å². The van der Waals surface area contributed by atoms with Crippen LogP contribution in [0.3, 0.4) is 0 Å². The molecule has 1 heterocycles. The van der Waals surface area contributed by atoms with Gasteiger partial charge in [-0.1, -0.05) is 13.8 Å². The first-order valence-corrected chi connectivity index (χ1v) is 6.93. The number of ether oxygens (including phenoxy) is 1. The Morgan fingerprint density at radius 2 is 1.82 bits per heavy atom. The zero-order valence-electron chi connectivity index (χ0n) is 12.2. The summed E-state index contributed by atoms with van der Waals surface area (Å²) in [6.45, 7) is 12.0. The standard InChI is InChI=1S/C14H30N2O/c1-11(2)13-6-8-16(9-7-13)14(4,10-15)12(3)17-5/h11-13H,6-10,15H2,1-5H3. The Kier molecular flexibility index (Phi) is 5.42. The monoisotopic (exact) mass is 242 g/mol. The summed E-state index contributed by atoms with van der Waals surface area (Å²) in [6, 6.07) is 0. The largest absolute Gasteiger partial charge is 0.380 e. The van der Waals surface area contributed by atoms with E-state index in [0.717, 1.165) is 24.9 Å². The molecule has 1 aliphatic heterocycles. The molecule has 3 heteroatoms. The van der Waals surface area contributed by atoms with Crippen molar-refractivity contribution in [3.8, 4) is 0 Å². The van der Waals surface area contributed by atoms with Crippen molar-refractivity contribution in [1.29, 1.82) is 0 Å². The summed E-state index contributed by atoms with van der Waals surface area (Å²) in [5, 5.41) is 0. The molecule has 1 fully saturated rings. The van der Waals surface area contributed by atoms with Crippen LogP contribution in [0.15, 0.2) is 0 Å². The van der Waals surface area contributed by atoms with Gasteiger partial charge in [0, 0.05) is 13.7 Å². The van der Waals surface area contributed by atoms with Crippen LogP contribution in [0.2, 0.25) is 0 Å². The molecule has 0 aromatic carbocycles. The van der Waals surface area contributed by atoms with Gasteiger partial charge >= 0.3 is 0 Å². The van der Waals surface area contributed by atoms with E-state index < -0.39 is 0 Å². The highest BCUT2D eigenvalue weighted by Crippen LogP contribution is 2.30. The van der Waals surface area contributed by atoms with Crippen molar-refractivity contribution in [2.75, 3.05) is 26.7 Å². The Labute approximate surface area is 107 Å². The van der Waals surface area contributed by atoms with Gasteiger partial charge < -0.3 is 10.5 Å². The first-order chi connectivity index (χ1) is 7.95. The molecule has 1 rings (SSSR count). The van der Waals surface area contributed by atoms with Crippen LogP contribution in [0, 0.1) is 11.8 Å². The maximum atomic E-state index is 5.99. The summed E-state index contributed by atoms with van der Waals surface area (Å²) < 4.78 is 5.51. The third-order valence-corrected chi connectivity index (χ3v) is 4.85. The molecule has 0 amide bonds. The van der Waals surface area contributed by atoms with E-state index in [1.54, 1.807) is 7.11 Å². The van der Waals surface area contributed by atoms with Gasteiger partial charge in [-0.3, -0.25) is 4.90 Å². The zero-order chi connectivity index (χ0) is 13.1. The molecule has 0 saturated carbocycles. The van der Waals surface area contributed by atoms with E-state index in [1.165, 1.54) is 12.8 Å². The van der Waals surface area contributed by atoms with Gasteiger partial charge in [-0.25, -0.2) is 0 Å². The van der Waals surface area contributed by atoms with Crippen LogP contribution in [0.1, 0.15) is 40.5 Å². The van der Waals surface area contributed by atoms with Crippen LogP contribution in [0.5, 0.6) is 0 Å². The molecular weight excluding hydrogens is 212 g/mol. The molecule has 0 bridgehead atoms. The average molecular weight is 242 g/mol. The van der Waals surface area contributed by atoms with Gasteiger partial charge in [0.25, 0.3) is 0 Å². The van der Waals surface area contributed by atoms with Crippen molar-refractivity contribution in [3.05, 3.63) is 0 Å². The van der Waals surface area contributed by atoms with Crippen molar-refractivity contribution in [1.82, 2.24) is 4.90 Å². The predicted molar refractivity (Wildman–Crippen MR) is 73.1 cm³/mol. The van der Waals surface area contributed by atoms with Crippen molar-refractivity contribution in [2.24, 2.45) is 17.6 Å². The first-order valence-electron chi connectivity index (χ1n) is 6.93. The van der Waals surface area contributed by atoms with E-state index in [1.807, 2.05) is 0 Å². The Bertz CT molecular complexity index is 224. The van der Waals surface area contributed by atoms with E-state index in [0.29, 0.717) is 6.54 Å². The lowest BCUT2D eigenvalue weighted by atomic mass is 9.83. The number of nitrogens with two attached hydrogens (primary N) is 1. The molecule has 0 aromatic heterocycles. The van der Waals surface area contributed by atoms with E-state index in [-0.39, 0.29) is 11.6 Å². The molecule has 17 heavy (non-hydrogen) atoms. The van der Waals surface area contributed by atoms with Crippen LogP contribution in [0.25, 0.3) is 0 Å². The van der Waals surface area contributed by atoms with Crippen LogP contribution >= 0.6 is 0 Å². The molecule has 102 valence electrons. The number of rotatable bonds is 5. The van der Waals surface area contributed by atoms with Gasteiger partial charge in [-0.15, -0.1) is 0 Å². The molecular formula is C14H30N2O. The highest BCUT2D eigenvalue weighted by molar-refractivity contribution is 4.95. The fraction of sp³-hybridized carbons (Fsp3) is 1.00. The van der Waals surface area contributed by atoms with E-state index >= 15 is 0 Å². The minimum atomic E-state index is -0.0172. The maximum Gasteiger partial charge on any atom is 0.0736 e. The highest BCUT2D eigenvalue weighted by atomic mass is 16.5. The summed E-state index contributed by atoms with van der Waals surface area (Å²) in [6.07, 6.45) is 2.77. The molecule has 0 spiro atoms. The maximum absolute atomic E-state index is 5.99. The molecule has 0 aliphatic carbocycles. The Balaban J connectivity index is 2.62. The number of hydrogen-bond donors (Lipinski definition) is 1. The van der Waals surface area contributed by atoms with Gasteiger partial charge in [0.15, 0.2) is 0 Å². The van der Waals surface area contributed by atoms with Crippen LogP contribution in [0.4, 0.5) is 0 Å². The highest BCUT2D eigenvalue weighted by Gasteiger charge is 2.38. The van der Waals surface area contributed by atoms with E-state index in [2.05, 4.69) is 32.6 Å². The number of nitrogens with zero attached hydrogens (tertiary/aromatic N) is 1. The molecule has 1 aliphatic rings. The van der Waals surface area contributed by atoms with Gasteiger partial charge in [0.2, 0.25) is 0 Å². The normalized spacial score (nSPS) is 24.9. The van der Waals surface area contributed by atoms with E-state index in [9.17, 15) is 0 Å². The van der Waals surface area contributed by atoms with Gasteiger partial charge in [0.05, 0.1) is 11.6 Å². The summed E-state index contributed by atoms with van der Waals surface area (Å²) in [5.74, 6) is 1.69. The molecule has 0 aromatic rings. The molecule has 3 nitrogen and oxygen atoms in total. The Morgan fingerprint density at radius 3 is 2.18 bits per heavy atom. The van der Waals surface area contributed by atoms with Crippen LogP contribution < -0.4 is 5.73 Å². The first kappa shape index (κ1) is 14.9. The van der Waals surface area contributed by atoms with Gasteiger partial charge in [0.1, 0.15) is 0 Å². The fourth-order valence-electron chi connectivity index (χ4n) is 2.88. The second kappa shape index (κ2) is 6.17. The van der Waals surface area contributed by atoms with Gasteiger partial charge in [-0.05, 0) is 51.6 Å². The lowest BCUT2D eigenvalue weighted by Crippen LogP contribution is -2.60. The topological polar surface area (TPSA) is 38.5 Å². The van der Waals surface area contributed by atoms with Crippen molar-refractivity contribution in [3.63, 3.8) is 0 Å². The molecule has 2 atom stereocenters. The minimum absolute atomic E-state index is 0.0172. The smallest absolute Gasteiger partial charge is 0.0736 e. The zero-order valence-corrected chi connectivity index (χ0v) is 12.2. The second-order valence-electron chi connectivity index (χ2n) is 6.01. The summed E-state index contributed by atoms with van der Waals surface area (Å²) in [5.41, 5.74) is 5.97. The third-order valence-electron chi connectivity index (χ3n) is 4.85. The van der Waals surface area contributed by atoms with Crippen molar-refractivity contribution in [2.45, 2.75) is 52.2 Å². The number of methoxy groups -OCH3 is 1. The number of likely N-dealkylation sites (tertiary alicyclic amines) is 1. The van der Waals surface area contributed by atoms with Crippen molar-refractivity contribution < 1.29 is 4.74 Å².